The Morgan fingerprint density at radius 1 is 1.42 bits per heavy atom. The molecule has 0 radical (unpaired) electrons. The van der Waals surface area contributed by atoms with Gasteiger partial charge in [0.25, 0.3) is 0 Å². The topological polar surface area (TPSA) is 91.5 Å². The average Bonchev–Trinajstić information content (AvgIpc) is 2.30. The van der Waals surface area contributed by atoms with Crippen molar-refractivity contribution >= 4 is 17.6 Å². The summed E-state index contributed by atoms with van der Waals surface area (Å²) in [5.41, 5.74) is 7.85. The van der Waals surface area contributed by atoms with Crippen LogP contribution in [0.4, 0.5) is 5.69 Å². The molecule has 0 bridgehead atoms. The normalized spacial score (nSPS) is 23.9. The van der Waals surface area contributed by atoms with Gasteiger partial charge < -0.3 is 16.4 Å². The molecule has 1 aromatic carbocycles. The van der Waals surface area contributed by atoms with Gasteiger partial charge in [-0.1, -0.05) is 17.7 Å². The maximum atomic E-state index is 11.4. The van der Waals surface area contributed by atoms with Crippen LogP contribution in [0.15, 0.2) is 29.3 Å². The number of anilines is 1. The van der Waals surface area contributed by atoms with E-state index in [1.54, 1.807) is 0 Å². The molecular formula is C13H19N5O. The van der Waals surface area contributed by atoms with Gasteiger partial charge in [0, 0.05) is 18.2 Å². The average molecular weight is 261 g/mol. The number of nitrogens with one attached hydrogen (secondary N) is 3. The number of benzene rings is 1. The van der Waals surface area contributed by atoms with Crippen LogP contribution >= 0.6 is 0 Å². The van der Waals surface area contributed by atoms with Gasteiger partial charge in [-0.05, 0) is 26.0 Å². The van der Waals surface area contributed by atoms with Crippen molar-refractivity contribution in [3.8, 4) is 0 Å². The van der Waals surface area contributed by atoms with E-state index in [1.165, 1.54) is 5.56 Å². The fraction of sp³-hybridized carbons (Fsp3) is 0.385. The second-order valence-electron chi connectivity index (χ2n) is 4.75. The predicted molar refractivity (Wildman–Crippen MR) is 75.6 cm³/mol. The van der Waals surface area contributed by atoms with Crippen molar-refractivity contribution < 1.29 is 4.79 Å². The zero-order chi connectivity index (χ0) is 13.8. The van der Waals surface area contributed by atoms with E-state index in [2.05, 4.69) is 20.9 Å². The molecule has 1 saturated heterocycles. The first-order valence-corrected chi connectivity index (χ1v) is 6.25. The Balaban J connectivity index is 1.98. The highest BCUT2D eigenvalue weighted by molar-refractivity contribution is 5.92. The van der Waals surface area contributed by atoms with E-state index >= 15 is 0 Å². The van der Waals surface area contributed by atoms with Crippen LogP contribution in [0.5, 0.6) is 0 Å². The molecule has 1 aromatic rings. The monoisotopic (exact) mass is 261 g/mol. The van der Waals surface area contributed by atoms with Gasteiger partial charge in [0.15, 0.2) is 12.2 Å². The highest BCUT2D eigenvalue weighted by Crippen LogP contribution is 2.08. The number of amides is 1. The van der Waals surface area contributed by atoms with Crippen LogP contribution in [-0.4, -0.2) is 24.2 Å². The number of hydrogen-bond acceptors (Lipinski definition) is 3. The molecule has 0 spiro atoms. The number of nitrogens with two attached hydrogens (primary N) is 1. The van der Waals surface area contributed by atoms with Crippen molar-refractivity contribution in [3.05, 3.63) is 29.8 Å². The highest BCUT2D eigenvalue weighted by atomic mass is 16.2. The molecule has 1 fully saturated rings. The molecule has 2 rings (SSSR count). The van der Waals surface area contributed by atoms with Gasteiger partial charge in [-0.25, -0.2) is 4.99 Å². The molecule has 5 N–H and O–H groups in total. The first-order chi connectivity index (χ1) is 9.02. The number of guanidine groups is 1. The fourth-order valence-electron chi connectivity index (χ4n) is 1.89. The standard InChI is InChI=1S/C13H19N5O/c1-8-3-5-10(6-4-8)16-12(14)18-13-15-9(2)7-11(19)17-13/h3-6,9,13,15H,7H2,1-2H3,(H,17,19)(H3,14,16,18). The summed E-state index contributed by atoms with van der Waals surface area (Å²) in [6.07, 6.45) is -0.0219. The summed E-state index contributed by atoms with van der Waals surface area (Å²) in [4.78, 5) is 15.6. The van der Waals surface area contributed by atoms with Crippen molar-refractivity contribution in [2.75, 3.05) is 5.32 Å². The van der Waals surface area contributed by atoms with Crippen LogP contribution in [0.2, 0.25) is 0 Å². The third kappa shape index (κ3) is 3.96. The van der Waals surface area contributed by atoms with Crippen LogP contribution in [0.3, 0.4) is 0 Å². The Morgan fingerprint density at radius 2 is 2.11 bits per heavy atom. The Hall–Kier alpha value is -2.08. The minimum absolute atomic E-state index is 0.0249. The predicted octanol–water partition coefficient (Wildman–Crippen LogP) is 0.503. The van der Waals surface area contributed by atoms with Crippen LogP contribution in [-0.2, 0) is 4.79 Å². The van der Waals surface area contributed by atoms with Gasteiger partial charge >= 0.3 is 0 Å². The minimum Gasteiger partial charge on any atom is -0.370 e. The quantitative estimate of drug-likeness (QED) is 0.461. The maximum Gasteiger partial charge on any atom is 0.224 e. The molecule has 6 nitrogen and oxygen atoms in total. The molecule has 1 amide bonds. The summed E-state index contributed by atoms with van der Waals surface area (Å²) < 4.78 is 0. The summed E-state index contributed by atoms with van der Waals surface area (Å²) in [6.45, 7) is 3.95. The van der Waals surface area contributed by atoms with Crippen molar-refractivity contribution in [1.29, 1.82) is 0 Å². The van der Waals surface area contributed by atoms with Crippen LogP contribution in [0, 0.1) is 6.92 Å². The summed E-state index contributed by atoms with van der Waals surface area (Å²) in [7, 11) is 0. The molecule has 0 saturated carbocycles. The lowest BCUT2D eigenvalue weighted by Crippen LogP contribution is -2.55. The molecule has 6 heteroatoms. The maximum absolute atomic E-state index is 11.4. The number of hydrogen-bond donors (Lipinski definition) is 4. The highest BCUT2D eigenvalue weighted by Gasteiger charge is 2.22. The van der Waals surface area contributed by atoms with Crippen molar-refractivity contribution in [2.24, 2.45) is 10.7 Å². The smallest absolute Gasteiger partial charge is 0.224 e. The zero-order valence-corrected chi connectivity index (χ0v) is 11.1. The third-order valence-electron chi connectivity index (χ3n) is 2.82. The Labute approximate surface area is 112 Å². The van der Waals surface area contributed by atoms with E-state index < -0.39 is 6.29 Å². The van der Waals surface area contributed by atoms with E-state index in [4.69, 9.17) is 5.73 Å². The van der Waals surface area contributed by atoms with Crippen molar-refractivity contribution in [2.45, 2.75) is 32.6 Å². The fourth-order valence-corrected chi connectivity index (χ4v) is 1.89. The van der Waals surface area contributed by atoms with E-state index in [9.17, 15) is 4.79 Å². The first kappa shape index (κ1) is 13.4. The van der Waals surface area contributed by atoms with Crippen LogP contribution in [0.25, 0.3) is 0 Å². The van der Waals surface area contributed by atoms with Crippen molar-refractivity contribution in [1.82, 2.24) is 10.6 Å². The second-order valence-corrected chi connectivity index (χ2v) is 4.75. The minimum atomic E-state index is -0.478. The van der Waals surface area contributed by atoms with Crippen molar-refractivity contribution in [3.63, 3.8) is 0 Å². The van der Waals surface area contributed by atoms with Gasteiger partial charge in [-0.2, -0.15) is 0 Å². The molecule has 1 heterocycles. The largest absolute Gasteiger partial charge is 0.370 e. The number of carbonyl (C=O) groups is 1. The van der Waals surface area contributed by atoms with Gasteiger partial charge in [0.05, 0.1) is 0 Å². The molecule has 1 aliphatic heterocycles. The van der Waals surface area contributed by atoms with Gasteiger partial charge in [0.2, 0.25) is 5.91 Å². The lowest BCUT2D eigenvalue weighted by atomic mass is 10.2. The number of nitrogens with zero attached hydrogens (tertiary/aromatic N) is 1. The first-order valence-electron chi connectivity index (χ1n) is 6.25. The van der Waals surface area contributed by atoms with Gasteiger partial charge in [-0.15, -0.1) is 0 Å². The molecule has 2 atom stereocenters. The van der Waals surface area contributed by atoms with Gasteiger partial charge in [0.1, 0.15) is 0 Å². The number of rotatable bonds is 2. The third-order valence-corrected chi connectivity index (χ3v) is 2.82. The lowest BCUT2D eigenvalue weighted by Gasteiger charge is -2.26. The second kappa shape index (κ2) is 5.71. The Kier molecular flexibility index (Phi) is 4.01. The molecule has 0 aromatic heterocycles. The van der Waals surface area contributed by atoms with Crippen LogP contribution in [0.1, 0.15) is 18.9 Å². The van der Waals surface area contributed by atoms with Crippen LogP contribution < -0.4 is 21.7 Å². The molecule has 1 aliphatic rings. The Morgan fingerprint density at radius 3 is 2.74 bits per heavy atom. The summed E-state index contributed by atoms with van der Waals surface area (Å²) in [5.74, 6) is 0.235. The number of aryl methyl sites for hydroxylation is 1. The number of aliphatic imine (C=N–C) groups is 1. The molecule has 102 valence electrons. The van der Waals surface area contributed by atoms with Gasteiger partial charge in [-0.3, -0.25) is 10.1 Å². The summed E-state index contributed by atoms with van der Waals surface area (Å²) in [5, 5.41) is 8.83. The van der Waals surface area contributed by atoms with E-state index in [1.807, 2.05) is 38.1 Å². The molecule has 19 heavy (non-hydrogen) atoms. The van der Waals surface area contributed by atoms with E-state index in [0.29, 0.717) is 6.42 Å². The molecule has 0 aliphatic carbocycles. The number of carbonyl (C=O) groups excluding carboxylic acids is 1. The lowest BCUT2D eigenvalue weighted by molar-refractivity contribution is -0.124. The van der Waals surface area contributed by atoms with E-state index in [0.717, 1.165) is 5.69 Å². The molecule has 2 unspecified atom stereocenters. The summed E-state index contributed by atoms with van der Waals surface area (Å²) in [6, 6.07) is 7.91. The SMILES string of the molecule is Cc1ccc(N/C(N)=N/C2NC(=O)CC(C)N2)cc1. The summed E-state index contributed by atoms with van der Waals surface area (Å²) >= 11 is 0. The zero-order valence-electron chi connectivity index (χ0n) is 11.1. The molecular weight excluding hydrogens is 242 g/mol. The Bertz CT molecular complexity index is 482. The van der Waals surface area contributed by atoms with E-state index in [-0.39, 0.29) is 17.9 Å².